The number of aromatic nitrogens is 2. The lowest BCUT2D eigenvalue weighted by molar-refractivity contribution is 0.584. The van der Waals surface area contributed by atoms with Gasteiger partial charge >= 0.3 is 0 Å². The van der Waals surface area contributed by atoms with E-state index in [9.17, 15) is 13.2 Å². The Labute approximate surface area is 190 Å². The standard InChI is InChI=1S/C23H20N6O3S/c1-17-12-14-20(15-13-17)33(31,32)28-24-16-21-22(26-25-18-8-4-2-5-9-18)23(30)29(27-21)19-10-6-3-7-11-19/h2-16,27-28H,1H3/b24-16-,26-25?. The summed E-state index contributed by atoms with van der Waals surface area (Å²) < 4.78 is 26.2. The van der Waals surface area contributed by atoms with Crippen molar-refractivity contribution in [3.63, 3.8) is 0 Å². The van der Waals surface area contributed by atoms with Crippen molar-refractivity contribution < 1.29 is 8.42 Å². The minimum Gasteiger partial charge on any atom is -0.287 e. The number of hydrazone groups is 1. The Morgan fingerprint density at radius 1 is 0.879 bits per heavy atom. The van der Waals surface area contributed by atoms with E-state index in [1.54, 1.807) is 60.7 Å². The number of aromatic amines is 1. The van der Waals surface area contributed by atoms with E-state index in [4.69, 9.17) is 0 Å². The highest BCUT2D eigenvalue weighted by Crippen LogP contribution is 2.18. The van der Waals surface area contributed by atoms with Crippen molar-refractivity contribution in [1.29, 1.82) is 0 Å². The number of hydrogen-bond donors (Lipinski definition) is 2. The smallest absolute Gasteiger partial charge is 0.287 e. The Morgan fingerprint density at radius 2 is 1.52 bits per heavy atom. The van der Waals surface area contributed by atoms with E-state index < -0.39 is 15.6 Å². The molecule has 3 aromatic carbocycles. The number of rotatable bonds is 7. The number of aryl methyl sites for hydroxylation is 1. The molecule has 0 saturated carbocycles. The largest absolute Gasteiger partial charge is 0.299 e. The summed E-state index contributed by atoms with van der Waals surface area (Å²) in [6.07, 6.45) is 1.19. The molecule has 33 heavy (non-hydrogen) atoms. The molecule has 0 radical (unpaired) electrons. The summed E-state index contributed by atoms with van der Waals surface area (Å²) in [5.74, 6) is 0. The normalized spacial score (nSPS) is 11.9. The van der Waals surface area contributed by atoms with E-state index in [0.29, 0.717) is 11.4 Å². The van der Waals surface area contributed by atoms with Gasteiger partial charge in [0, 0.05) is 0 Å². The third-order valence-corrected chi connectivity index (χ3v) is 5.87. The number of nitrogens with one attached hydrogen (secondary N) is 2. The van der Waals surface area contributed by atoms with Crippen LogP contribution in [-0.4, -0.2) is 24.4 Å². The molecule has 0 aliphatic heterocycles. The molecule has 10 heteroatoms. The van der Waals surface area contributed by atoms with Gasteiger partial charge in [0.2, 0.25) is 0 Å². The van der Waals surface area contributed by atoms with Crippen molar-refractivity contribution in [3.8, 4) is 5.69 Å². The molecule has 0 spiro atoms. The first-order valence-electron chi connectivity index (χ1n) is 9.93. The molecule has 1 aromatic heterocycles. The number of benzene rings is 3. The predicted molar refractivity (Wildman–Crippen MR) is 126 cm³/mol. The zero-order valence-electron chi connectivity index (χ0n) is 17.6. The number of H-pyrrole nitrogens is 1. The zero-order chi connectivity index (χ0) is 23.3. The lowest BCUT2D eigenvalue weighted by Crippen LogP contribution is -2.18. The van der Waals surface area contributed by atoms with E-state index in [1.165, 1.54) is 23.0 Å². The van der Waals surface area contributed by atoms with Crippen LogP contribution in [0.1, 0.15) is 11.3 Å². The summed E-state index contributed by atoms with van der Waals surface area (Å²) in [6, 6.07) is 24.2. The first-order chi connectivity index (χ1) is 15.9. The third kappa shape index (κ3) is 5.13. The lowest BCUT2D eigenvalue weighted by atomic mass is 10.2. The molecule has 166 valence electrons. The van der Waals surface area contributed by atoms with E-state index in [0.717, 1.165) is 5.56 Å². The molecular formula is C23H20N6O3S. The van der Waals surface area contributed by atoms with Crippen molar-refractivity contribution in [3.05, 3.63) is 107 Å². The first kappa shape index (κ1) is 21.9. The Hall–Kier alpha value is -4.31. The van der Waals surface area contributed by atoms with Gasteiger partial charge in [-0.05, 0) is 43.3 Å². The van der Waals surface area contributed by atoms with E-state index in [1.807, 2.05) is 19.1 Å². The number of hydrogen-bond acceptors (Lipinski definition) is 6. The van der Waals surface area contributed by atoms with Crippen molar-refractivity contribution in [2.45, 2.75) is 11.8 Å². The van der Waals surface area contributed by atoms with Crippen LogP contribution in [0.4, 0.5) is 11.4 Å². The second-order valence-electron chi connectivity index (χ2n) is 7.05. The Morgan fingerprint density at radius 3 is 2.18 bits per heavy atom. The number of azo groups is 1. The minimum absolute atomic E-state index is 0.0130. The van der Waals surface area contributed by atoms with Crippen LogP contribution >= 0.6 is 0 Å². The molecule has 0 amide bonds. The Balaban J connectivity index is 1.68. The van der Waals surface area contributed by atoms with Crippen molar-refractivity contribution in [2.24, 2.45) is 15.3 Å². The summed E-state index contributed by atoms with van der Waals surface area (Å²) in [7, 11) is -3.87. The van der Waals surface area contributed by atoms with Gasteiger partial charge in [-0.25, -0.2) is 9.51 Å². The molecule has 0 bridgehead atoms. The zero-order valence-corrected chi connectivity index (χ0v) is 18.4. The SMILES string of the molecule is Cc1ccc(S(=O)(=O)N/N=C\c2[nH]n(-c3ccccc3)c(=O)c2N=Nc2ccccc2)cc1. The maximum absolute atomic E-state index is 13.0. The van der Waals surface area contributed by atoms with Crippen LogP contribution < -0.4 is 10.4 Å². The molecule has 2 N–H and O–H groups in total. The Kier molecular flexibility index (Phi) is 6.27. The van der Waals surface area contributed by atoms with Crippen LogP contribution in [0.25, 0.3) is 5.69 Å². The van der Waals surface area contributed by atoms with Gasteiger partial charge in [-0.1, -0.05) is 54.1 Å². The van der Waals surface area contributed by atoms with Crippen molar-refractivity contribution in [1.82, 2.24) is 14.6 Å². The van der Waals surface area contributed by atoms with Gasteiger partial charge in [-0.3, -0.25) is 9.89 Å². The van der Waals surface area contributed by atoms with Gasteiger partial charge in [0.05, 0.1) is 22.5 Å². The van der Waals surface area contributed by atoms with Crippen molar-refractivity contribution >= 4 is 27.6 Å². The number of sulfonamides is 1. The van der Waals surface area contributed by atoms with E-state index >= 15 is 0 Å². The fraction of sp³-hybridized carbons (Fsp3) is 0.0435. The molecule has 0 atom stereocenters. The van der Waals surface area contributed by atoms with Crippen LogP contribution in [0.3, 0.4) is 0 Å². The van der Waals surface area contributed by atoms with Crippen LogP contribution in [0.5, 0.6) is 0 Å². The van der Waals surface area contributed by atoms with Crippen LogP contribution in [-0.2, 0) is 10.0 Å². The maximum atomic E-state index is 13.0. The second kappa shape index (κ2) is 9.45. The number of nitrogens with zero attached hydrogens (tertiary/aromatic N) is 4. The highest BCUT2D eigenvalue weighted by molar-refractivity contribution is 7.89. The minimum atomic E-state index is -3.87. The van der Waals surface area contributed by atoms with Gasteiger partial charge in [0.1, 0.15) is 5.69 Å². The predicted octanol–water partition coefficient (Wildman–Crippen LogP) is 4.20. The van der Waals surface area contributed by atoms with Crippen LogP contribution in [0.15, 0.2) is 110 Å². The molecule has 0 saturated heterocycles. The lowest BCUT2D eigenvalue weighted by Gasteiger charge is -2.03. The summed E-state index contributed by atoms with van der Waals surface area (Å²) in [5.41, 5.74) is 1.80. The van der Waals surface area contributed by atoms with Gasteiger partial charge in [0.25, 0.3) is 15.6 Å². The number of para-hydroxylation sites is 1. The van der Waals surface area contributed by atoms with Crippen molar-refractivity contribution in [2.75, 3.05) is 0 Å². The fourth-order valence-electron chi connectivity index (χ4n) is 2.92. The maximum Gasteiger partial charge on any atom is 0.299 e. The summed E-state index contributed by atoms with van der Waals surface area (Å²) in [6.45, 7) is 1.86. The molecular weight excluding hydrogens is 440 g/mol. The molecule has 0 aliphatic rings. The van der Waals surface area contributed by atoms with E-state index in [2.05, 4.69) is 25.3 Å². The molecule has 0 unspecified atom stereocenters. The summed E-state index contributed by atoms with van der Waals surface area (Å²) >= 11 is 0. The molecule has 4 aromatic rings. The molecule has 9 nitrogen and oxygen atoms in total. The molecule has 4 rings (SSSR count). The van der Waals surface area contributed by atoms with E-state index in [-0.39, 0.29) is 16.3 Å². The highest BCUT2D eigenvalue weighted by Gasteiger charge is 2.15. The van der Waals surface area contributed by atoms with Gasteiger partial charge in [0.15, 0.2) is 5.69 Å². The molecule has 0 fully saturated rings. The monoisotopic (exact) mass is 460 g/mol. The highest BCUT2D eigenvalue weighted by atomic mass is 32.2. The second-order valence-corrected chi connectivity index (χ2v) is 8.71. The van der Waals surface area contributed by atoms with Crippen LogP contribution in [0.2, 0.25) is 0 Å². The average Bonchev–Trinajstić information content (AvgIpc) is 3.14. The third-order valence-electron chi connectivity index (χ3n) is 4.63. The molecule has 1 heterocycles. The van der Waals surface area contributed by atoms with Gasteiger partial charge in [-0.2, -0.15) is 18.6 Å². The quantitative estimate of drug-likeness (QED) is 0.244. The summed E-state index contributed by atoms with van der Waals surface area (Å²) in [4.78, 5) is 15.2. The Bertz CT molecular complexity index is 1460. The average molecular weight is 461 g/mol. The van der Waals surface area contributed by atoms with Crippen LogP contribution in [0, 0.1) is 6.92 Å². The molecule has 0 aliphatic carbocycles. The summed E-state index contributed by atoms with van der Waals surface area (Å²) in [5, 5.41) is 14.9. The fourth-order valence-corrected chi connectivity index (χ4v) is 3.71. The first-order valence-corrected chi connectivity index (χ1v) is 11.4. The van der Waals surface area contributed by atoms with Gasteiger partial charge in [-0.15, -0.1) is 5.11 Å². The topological polar surface area (TPSA) is 121 Å². The van der Waals surface area contributed by atoms with Gasteiger partial charge < -0.3 is 0 Å².